The number of hydrogen-bond acceptors (Lipinski definition) is 1. The van der Waals surface area contributed by atoms with Crippen LogP contribution >= 0.6 is 23.2 Å². The lowest BCUT2D eigenvalue weighted by molar-refractivity contribution is -0.216. The molecule has 0 aromatic heterocycles. The minimum atomic E-state index is -5.56. The van der Waals surface area contributed by atoms with E-state index in [0.29, 0.717) is 0 Å². The van der Waals surface area contributed by atoms with E-state index in [1.54, 1.807) is 0 Å². The van der Waals surface area contributed by atoms with Crippen LogP contribution in [0.1, 0.15) is 0 Å². The van der Waals surface area contributed by atoms with Crippen molar-refractivity contribution in [2.24, 2.45) is 0 Å². The van der Waals surface area contributed by atoms with Crippen molar-refractivity contribution in [2.45, 2.75) is 35.0 Å². The van der Waals surface area contributed by atoms with E-state index < -0.39 is 48.2 Å². The van der Waals surface area contributed by atoms with Gasteiger partial charge >= 0.3 is 12.4 Å². The van der Waals surface area contributed by atoms with Gasteiger partial charge in [0, 0.05) is 0 Å². The first kappa shape index (κ1) is 20.8. The normalized spacial score (nSPS) is 17.7. The Bertz CT molecular complexity index is 307. The van der Waals surface area contributed by atoms with Gasteiger partial charge < -0.3 is 4.74 Å². The van der Waals surface area contributed by atoms with Gasteiger partial charge in [-0.3, -0.25) is 0 Å². The number of ether oxygens (including phenoxy) is 1. The zero-order chi connectivity index (χ0) is 17.3. The van der Waals surface area contributed by atoms with E-state index in [9.17, 15) is 43.9 Å². The zero-order valence-corrected chi connectivity index (χ0v) is 11.0. The maximum atomic E-state index is 12.8. The molecule has 0 aromatic rings. The van der Waals surface area contributed by atoms with Gasteiger partial charge in [-0.1, -0.05) is 0 Å². The molecular formula is C8H6Cl2F10O. The van der Waals surface area contributed by atoms with Gasteiger partial charge in [0.1, 0.15) is 13.2 Å². The predicted octanol–water partition coefficient (Wildman–Crippen LogP) is 4.61. The molecule has 0 fully saturated rings. The van der Waals surface area contributed by atoms with Crippen LogP contribution in [0.3, 0.4) is 0 Å². The highest BCUT2D eigenvalue weighted by molar-refractivity contribution is 6.22. The third-order valence-corrected chi connectivity index (χ3v) is 3.04. The molecule has 0 aliphatic rings. The van der Waals surface area contributed by atoms with E-state index in [1.165, 1.54) is 0 Å². The first-order valence-corrected chi connectivity index (χ1v) is 5.64. The van der Waals surface area contributed by atoms with Crippen molar-refractivity contribution in [1.82, 2.24) is 0 Å². The smallest absolute Gasteiger partial charge is 0.369 e. The fraction of sp³-hybridized carbons (Fsp3) is 1.00. The molecule has 0 aliphatic carbocycles. The Balaban J connectivity index is 4.62. The van der Waals surface area contributed by atoms with Crippen molar-refractivity contribution in [1.29, 1.82) is 0 Å². The fourth-order valence-corrected chi connectivity index (χ4v) is 1.07. The predicted molar refractivity (Wildman–Crippen MR) is 52.1 cm³/mol. The van der Waals surface area contributed by atoms with Crippen LogP contribution in [0.15, 0.2) is 0 Å². The van der Waals surface area contributed by atoms with Crippen molar-refractivity contribution in [3.63, 3.8) is 0 Å². The minimum Gasteiger partial charge on any atom is -0.369 e. The van der Waals surface area contributed by atoms with E-state index in [1.807, 2.05) is 0 Å². The third kappa shape index (κ3) is 6.23. The second kappa shape index (κ2) is 6.53. The Labute approximate surface area is 121 Å². The van der Waals surface area contributed by atoms with Crippen LogP contribution in [0.4, 0.5) is 43.9 Å². The number of alkyl halides is 12. The second-order valence-electron chi connectivity index (χ2n) is 3.82. The molecule has 1 nitrogen and oxygen atoms in total. The molecule has 13 heteroatoms. The Morgan fingerprint density at radius 1 is 0.619 bits per heavy atom. The molecule has 0 spiro atoms. The Morgan fingerprint density at radius 3 is 1.05 bits per heavy atom. The molecule has 0 rings (SSSR count). The molecule has 2 unspecified atom stereocenters. The van der Waals surface area contributed by atoms with E-state index in [2.05, 4.69) is 27.9 Å². The van der Waals surface area contributed by atoms with Crippen LogP contribution in [0.25, 0.3) is 0 Å². The lowest BCUT2D eigenvalue weighted by Gasteiger charge is -2.26. The number of halogens is 12. The van der Waals surface area contributed by atoms with Crippen LogP contribution in [-0.4, -0.2) is 48.2 Å². The molecule has 0 aliphatic heterocycles. The topological polar surface area (TPSA) is 9.23 Å². The highest BCUT2D eigenvalue weighted by Crippen LogP contribution is 2.39. The third-order valence-electron chi connectivity index (χ3n) is 1.91. The van der Waals surface area contributed by atoms with Gasteiger partial charge in [0.05, 0.1) is 0 Å². The van der Waals surface area contributed by atoms with Gasteiger partial charge in [-0.15, -0.1) is 23.2 Å². The quantitative estimate of drug-likeness (QED) is 0.484. The molecule has 0 saturated carbocycles. The summed E-state index contributed by atoms with van der Waals surface area (Å²) in [7, 11) is 0. The zero-order valence-electron chi connectivity index (χ0n) is 9.51. The molecule has 2 atom stereocenters. The summed E-state index contributed by atoms with van der Waals surface area (Å²) >= 11 is 8.77. The van der Waals surface area contributed by atoms with Crippen molar-refractivity contribution < 1.29 is 48.6 Å². The summed E-state index contributed by atoms with van der Waals surface area (Å²) in [5.74, 6) is -9.62. The van der Waals surface area contributed by atoms with Crippen molar-refractivity contribution >= 4 is 23.2 Å². The standard InChI is InChI=1S/C8H6Cl2F10O/c9-3(7(15,16)17)5(11,12)1-21-2-6(13,14)4(10)8(18,19)20/h3-4H,1-2H2. The maximum Gasteiger partial charge on any atom is 0.410 e. The Kier molecular flexibility index (Phi) is 6.48. The molecule has 0 saturated heterocycles. The molecule has 0 N–H and O–H groups in total. The monoisotopic (exact) mass is 378 g/mol. The summed E-state index contributed by atoms with van der Waals surface area (Å²) in [6.07, 6.45) is -11.1. The molecule has 0 aromatic carbocycles. The Hall–Kier alpha value is -0.160. The highest BCUT2D eigenvalue weighted by atomic mass is 35.5. The average molecular weight is 379 g/mol. The number of hydrogen-bond donors (Lipinski definition) is 0. The van der Waals surface area contributed by atoms with Crippen LogP contribution in [0.5, 0.6) is 0 Å². The molecule has 0 radical (unpaired) electrons. The lowest BCUT2D eigenvalue weighted by atomic mass is 10.2. The van der Waals surface area contributed by atoms with Gasteiger partial charge in [-0.05, 0) is 0 Å². The maximum absolute atomic E-state index is 12.8. The molecule has 0 bridgehead atoms. The van der Waals surface area contributed by atoms with Gasteiger partial charge in [-0.2, -0.15) is 26.3 Å². The summed E-state index contributed by atoms with van der Waals surface area (Å²) in [4.78, 5) is 0. The van der Waals surface area contributed by atoms with E-state index in [4.69, 9.17) is 0 Å². The Morgan fingerprint density at radius 2 is 0.857 bits per heavy atom. The highest BCUT2D eigenvalue weighted by Gasteiger charge is 2.57. The molecule has 21 heavy (non-hydrogen) atoms. The van der Waals surface area contributed by atoms with Crippen LogP contribution in [-0.2, 0) is 4.74 Å². The summed E-state index contributed by atoms with van der Waals surface area (Å²) in [6.45, 7) is -4.50. The van der Waals surface area contributed by atoms with Gasteiger partial charge in [-0.25, -0.2) is 17.6 Å². The van der Waals surface area contributed by atoms with Gasteiger partial charge in [0.2, 0.25) is 0 Å². The second-order valence-corrected chi connectivity index (χ2v) is 4.70. The van der Waals surface area contributed by atoms with E-state index in [0.717, 1.165) is 0 Å². The first-order valence-electron chi connectivity index (χ1n) is 4.77. The van der Waals surface area contributed by atoms with Crippen LogP contribution in [0, 0.1) is 0 Å². The van der Waals surface area contributed by atoms with E-state index in [-0.39, 0.29) is 0 Å². The number of rotatable bonds is 6. The van der Waals surface area contributed by atoms with E-state index >= 15 is 0 Å². The summed E-state index contributed by atoms with van der Waals surface area (Å²) < 4.78 is 126. The van der Waals surface area contributed by atoms with Crippen LogP contribution in [0.2, 0.25) is 0 Å². The largest absolute Gasteiger partial charge is 0.410 e. The van der Waals surface area contributed by atoms with Gasteiger partial charge in [0.25, 0.3) is 11.8 Å². The lowest BCUT2D eigenvalue weighted by Crippen LogP contribution is -2.47. The van der Waals surface area contributed by atoms with Gasteiger partial charge in [0.15, 0.2) is 10.8 Å². The molecule has 0 heterocycles. The average Bonchev–Trinajstić information content (AvgIpc) is 2.23. The SMILES string of the molecule is FC(F)(F)C(Cl)C(F)(F)COCC(F)(F)C(Cl)C(F)(F)F. The van der Waals surface area contributed by atoms with Crippen LogP contribution < -0.4 is 0 Å². The van der Waals surface area contributed by atoms with Crippen molar-refractivity contribution in [3.05, 3.63) is 0 Å². The molecule has 0 amide bonds. The fourth-order valence-electron chi connectivity index (χ4n) is 0.948. The van der Waals surface area contributed by atoms with Crippen molar-refractivity contribution in [3.8, 4) is 0 Å². The summed E-state index contributed by atoms with van der Waals surface area (Å²) in [5, 5.41) is -7.49. The minimum absolute atomic E-state index is 2.25. The molecule has 128 valence electrons. The first-order chi connectivity index (χ1) is 9.02. The van der Waals surface area contributed by atoms with Crippen molar-refractivity contribution in [2.75, 3.05) is 13.2 Å². The summed E-state index contributed by atoms with van der Waals surface area (Å²) in [6, 6.07) is 0. The molecular weight excluding hydrogens is 373 g/mol. The summed E-state index contributed by atoms with van der Waals surface area (Å²) in [5.41, 5.74) is 0.